The van der Waals surface area contributed by atoms with Crippen LogP contribution in [0.15, 0.2) is 34.8 Å². The first-order valence-electron chi connectivity index (χ1n) is 8.69. The number of carbonyl (C=O) groups excluding carboxylic acids is 1. The lowest BCUT2D eigenvalue weighted by Crippen LogP contribution is -2.38. The quantitative estimate of drug-likeness (QED) is 0.768. The number of piperidine rings is 1. The number of likely N-dealkylation sites (tertiary alicyclic amines) is 1. The Hall–Kier alpha value is -1.81. The lowest BCUT2D eigenvalue weighted by Gasteiger charge is -2.31. The summed E-state index contributed by atoms with van der Waals surface area (Å²) < 4.78 is 5.88. The van der Waals surface area contributed by atoms with E-state index in [1.54, 1.807) is 0 Å². The number of halogens is 1. The van der Waals surface area contributed by atoms with Crippen LogP contribution in [0.5, 0.6) is 0 Å². The summed E-state index contributed by atoms with van der Waals surface area (Å²) in [5.74, 6) is 1.79. The second-order valence-corrected chi connectivity index (χ2v) is 7.23. The van der Waals surface area contributed by atoms with E-state index in [2.05, 4.69) is 17.1 Å². The Morgan fingerprint density at radius 3 is 2.88 bits per heavy atom. The average Bonchev–Trinajstić information content (AvgIpc) is 3.24. The molecule has 0 spiro atoms. The normalized spacial score (nSPS) is 21.7. The van der Waals surface area contributed by atoms with E-state index in [4.69, 9.17) is 16.0 Å². The zero-order valence-electron chi connectivity index (χ0n) is 13.6. The van der Waals surface area contributed by atoms with Crippen LogP contribution >= 0.6 is 11.6 Å². The van der Waals surface area contributed by atoms with E-state index in [-0.39, 0.29) is 11.8 Å². The minimum Gasteiger partial charge on any atom is -0.440 e. The molecule has 2 aliphatic rings. The second-order valence-electron chi connectivity index (χ2n) is 6.79. The monoisotopic (exact) mass is 344 g/mol. The number of carbonyl (C=O) groups is 1. The number of fused-ring (bicyclic) bond motifs is 1. The molecular formula is C19H21ClN2O2. The van der Waals surface area contributed by atoms with Crippen molar-refractivity contribution < 1.29 is 9.21 Å². The van der Waals surface area contributed by atoms with E-state index in [0.717, 1.165) is 55.8 Å². The van der Waals surface area contributed by atoms with Crippen molar-refractivity contribution in [1.82, 2.24) is 9.88 Å². The van der Waals surface area contributed by atoms with Crippen molar-refractivity contribution in [3.8, 4) is 0 Å². The summed E-state index contributed by atoms with van der Waals surface area (Å²) in [7, 11) is 0. The van der Waals surface area contributed by atoms with Crippen LogP contribution in [0.3, 0.4) is 0 Å². The Morgan fingerprint density at radius 2 is 2.12 bits per heavy atom. The first-order chi connectivity index (χ1) is 11.7. The molecule has 0 radical (unpaired) electrons. The lowest BCUT2D eigenvalue weighted by atomic mass is 9.95. The second kappa shape index (κ2) is 6.60. The molecular weight excluding hydrogens is 324 g/mol. The number of hydrogen-bond acceptors (Lipinski definition) is 3. The van der Waals surface area contributed by atoms with Crippen LogP contribution < -0.4 is 0 Å². The van der Waals surface area contributed by atoms with Crippen LogP contribution in [-0.2, 0) is 4.79 Å². The molecule has 1 atom stereocenters. The van der Waals surface area contributed by atoms with Crippen LogP contribution in [0.1, 0.15) is 43.9 Å². The van der Waals surface area contributed by atoms with E-state index in [0.29, 0.717) is 17.4 Å². The van der Waals surface area contributed by atoms with Gasteiger partial charge in [-0.2, -0.15) is 0 Å². The van der Waals surface area contributed by atoms with Crippen LogP contribution in [0.25, 0.3) is 11.1 Å². The van der Waals surface area contributed by atoms with Gasteiger partial charge in [-0.3, -0.25) is 4.79 Å². The van der Waals surface area contributed by atoms with Crippen molar-refractivity contribution in [2.24, 2.45) is 5.92 Å². The highest BCUT2D eigenvalue weighted by Crippen LogP contribution is 2.31. The molecule has 1 amide bonds. The van der Waals surface area contributed by atoms with Gasteiger partial charge in [-0.1, -0.05) is 23.8 Å². The number of hydrogen-bond donors (Lipinski definition) is 0. The summed E-state index contributed by atoms with van der Waals surface area (Å²) in [5, 5.41) is 0.670. The van der Waals surface area contributed by atoms with Crippen molar-refractivity contribution in [1.29, 1.82) is 0 Å². The number of aromatic nitrogens is 1. The minimum atomic E-state index is 0.284. The van der Waals surface area contributed by atoms with Gasteiger partial charge < -0.3 is 9.32 Å². The summed E-state index contributed by atoms with van der Waals surface area (Å²) in [6.07, 6.45) is 9.08. The lowest BCUT2D eigenvalue weighted by molar-refractivity contribution is -0.133. The molecule has 0 unspecified atom stereocenters. The summed E-state index contributed by atoms with van der Waals surface area (Å²) in [6.45, 7) is 1.58. The number of benzene rings is 1. The van der Waals surface area contributed by atoms with Crippen LogP contribution in [-0.4, -0.2) is 28.9 Å². The number of oxazole rings is 1. The first-order valence-corrected chi connectivity index (χ1v) is 9.07. The van der Waals surface area contributed by atoms with Gasteiger partial charge in [0.2, 0.25) is 5.91 Å². The molecule has 0 N–H and O–H groups in total. The molecule has 2 heterocycles. The van der Waals surface area contributed by atoms with Gasteiger partial charge in [-0.15, -0.1) is 0 Å². The molecule has 2 aromatic rings. The molecule has 1 aliphatic heterocycles. The molecule has 4 rings (SSSR count). The van der Waals surface area contributed by atoms with Gasteiger partial charge in [0.05, 0.1) is 0 Å². The fraction of sp³-hybridized carbons (Fsp3) is 0.474. The smallest absolute Gasteiger partial charge is 0.223 e. The van der Waals surface area contributed by atoms with E-state index in [1.165, 1.54) is 0 Å². The summed E-state index contributed by atoms with van der Waals surface area (Å²) in [4.78, 5) is 19.0. The van der Waals surface area contributed by atoms with E-state index >= 15 is 0 Å². The van der Waals surface area contributed by atoms with Gasteiger partial charge in [0.25, 0.3) is 0 Å². The number of nitrogens with zero attached hydrogens (tertiary/aromatic N) is 2. The van der Waals surface area contributed by atoms with Gasteiger partial charge >= 0.3 is 0 Å². The standard InChI is InChI=1S/C19H21ClN2O2/c20-15-5-6-17-16(12-15)21-19(24-17)14-7-9-22(10-8-14)18(23)11-13-3-1-2-4-13/h1,3,5-6,12-14H,2,4,7-11H2/t13-/m1/s1. The Morgan fingerprint density at radius 1 is 1.29 bits per heavy atom. The van der Waals surface area contributed by atoms with Crippen LogP contribution in [0.4, 0.5) is 0 Å². The maximum absolute atomic E-state index is 12.4. The fourth-order valence-corrected chi connectivity index (χ4v) is 3.85. The van der Waals surface area contributed by atoms with Crippen molar-refractivity contribution >= 4 is 28.6 Å². The third kappa shape index (κ3) is 3.20. The number of rotatable bonds is 3. The Bertz CT molecular complexity index is 775. The molecule has 1 fully saturated rings. The largest absolute Gasteiger partial charge is 0.440 e. The van der Waals surface area contributed by atoms with Gasteiger partial charge in [-0.05, 0) is 49.8 Å². The number of allylic oxidation sites excluding steroid dienone is 2. The van der Waals surface area contributed by atoms with Crippen LogP contribution in [0, 0.1) is 5.92 Å². The Kier molecular flexibility index (Phi) is 4.31. The number of amides is 1. The predicted octanol–water partition coefficient (Wildman–Crippen LogP) is 4.54. The average molecular weight is 345 g/mol. The van der Waals surface area contributed by atoms with Gasteiger partial charge in [0, 0.05) is 30.5 Å². The highest BCUT2D eigenvalue weighted by molar-refractivity contribution is 6.31. The molecule has 1 aromatic carbocycles. The predicted molar refractivity (Wildman–Crippen MR) is 94.1 cm³/mol. The highest BCUT2D eigenvalue weighted by atomic mass is 35.5. The highest BCUT2D eigenvalue weighted by Gasteiger charge is 2.28. The molecule has 1 aromatic heterocycles. The van der Waals surface area contributed by atoms with Gasteiger partial charge in [-0.25, -0.2) is 4.98 Å². The summed E-state index contributed by atoms with van der Waals surface area (Å²) >= 11 is 6.01. The van der Waals surface area contributed by atoms with Crippen molar-refractivity contribution in [2.45, 2.75) is 38.0 Å². The molecule has 126 valence electrons. The minimum absolute atomic E-state index is 0.284. The van der Waals surface area contributed by atoms with Crippen molar-refractivity contribution in [3.63, 3.8) is 0 Å². The molecule has 0 bridgehead atoms. The topological polar surface area (TPSA) is 46.3 Å². The van der Waals surface area contributed by atoms with E-state index < -0.39 is 0 Å². The van der Waals surface area contributed by atoms with Gasteiger partial charge in [0.15, 0.2) is 11.5 Å². The molecule has 24 heavy (non-hydrogen) atoms. The maximum atomic E-state index is 12.4. The fourth-order valence-electron chi connectivity index (χ4n) is 3.69. The summed E-state index contributed by atoms with van der Waals surface area (Å²) in [6, 6.07) is 5.51. The Labute approximate surface area is 146 Å². The third-order valence-electron chi connectivity index (χ3n) is 5.11. The summed E-state index contributed by atoms with van der Waals surface area (Å²) in [5.41, 5.74) is 1.59. The van der Waals surface area contributed by atoms with E-state index in [9.17, 15) is 4.79 Å². The zero-order chi connectivity index (χ0) is 16.5. The van der Waals surface area contributed by atoms with Gasteiger partial charge in [0.1, 0.15) is 5.52 Å². The maximum Gasteiger partial charge on any atom is 0.223 e. The van der Waals surface area contributed by atoms with E-state index in [1.807, 2.05) is 23.1 Å². The van der Waals surface area contributed by atoms with Crippen molar-refractivity contribution in [3.05, 3.63) is 41.3 Å². The SMILES string of the molecule is O=C(C[C@@H]1C=CCC1)N1CCC(c2nc3cc(Cl)ccc3o2)CC1. The molecule has 0 saturated carbocycles. The Balaban J connectivity index is 1.38. The molecule has 1 saturated heterocycles. The first kappa shape index (κ1) is 15.7. The van der Waals surface area contributed by atoms with Crippen molar-refractivity contribution in [2.75, 3.05) is 13.1 Å². The van der Waals surface area contributed by atoms with Crippen LogP contribution in [0.2, 0.25) is 5.02 Å². The molecule has 1 aliphatic carbocycles. The zero-order valence-corrected chi connectivity index (χ0v) is 14.3. The molecule has 4 nitrogen and oxygen atoms in total. The third-order valence-corrected chi connectivity index (χ3v) is 5.35. The molecule has 5 heteroatoms.